The van der Waals surface area contributed by atoms with E-state index in [9.17, 15) is 22.8 Å². The Balaban J connectivity index is 2.06. The molecule has 1 aliphatic carbocycles. The number of anilines is 1. The van der Waals surface area contributed by atoms with Gasteiger partial charge in [-0.15, -0.1) is 5.10 Å². The lowest BCUT2D eigenvalue weighted by Crippen LogP contribution is -2.43. The van der Waals surface area contributed by atoms with Crippen LogP contribution in [0.2, 0.25) is 0 Å². The Hall–Kier alpha value is -2.84. The number of nitrogens with zero attached hydrogens (tertiary/aromatic N) is 3. The van der Waals surface area contributed by atoms with E-state index in [0.717, 1.165) is 37.8 Å². The first-order valence-electron chi connectivity index (χ1n) is 11.3. The summed E-state index contributed by atoms with van der Waals surface area (Å²) in [5.41, 5.74) is -0.660. The van der Waals surface area contributed by atoms with E-state index in [1.807, 2.05) is 13.8 Å². The van der Waals surface area contributed by atoms with Crippen molar-refractivity contribution in [2.75, 3.05) is 11.5 Å². The molecule has 33 heavy (non-hydrogen) atoms. The first-order chi connectivity index (χ1) is 15.5. The zero-order valence-electron chi connectivity index (χ0n) is 19.4. The fraction of sp³-hybridized carbons (Fsp3) is 0.542. The predicted octanol–water partition coefficient (Wildman–Crippen LogP) is 5.64. The molecule has 9 heteroatoms. The van der Waals surface area contributed by atoms with Gasteiger partial charge in [0.2, 0.25) is 5.91 Å². The Morgan fingerprint density at radius 3 is 2.45 bits per heavy atom. The minimum atomic E-state index is -4.52. The number of benzene rings is 1. The fourth-order valence-corrected chi connectivity index (χ4v) is 4.16. The maximum atomic E-state index is 13.5. The SMILES string of the molecule is CCOC(=O)c1cn(-c2cccc(C(F)(F)F)c2)nc1N(C(=O)C1CCC(C)CC1)C(C)C. The summed E-state index contributed by atoms with van der Waals surface area (Å²) in [7, 11) is 0. The summed E-state index contributed by atoms with van der Waals surface area (Å²) in [6, 6.07) is 4.35. The van der Waals surface area contributed by atoms with Gasteiger partial charge in [-0.25, -0.2) is 9.48 Å². The first kappa shape index (κ1) is 24.8. The second-order valence-corrected chi connectivity index (χ2v) is 8.84. The van der Waals surface area contributed by atoms with Crippen molar-refractivity contribution >= 4 is 17.7 Å². The molecule has 1 saturated carbocycles. The smallest absolute Gasteiger partial charge is 0.416 e. The van der Waals surface area contributed by atoms with Crippen LogP contribution >= 0.6 is 0 Å². The van der Waals surface area contributed by atoms with Crippen LogP contribution in [0.1, 0.15) is 69.3 Å². The molecule has 0 bridgehead atoms. The van der Waals surface area contributed by atoms with Crippen LogP contribution in [0.3, 0.4) is 0 Å². The van der Waals surface area contributed by atoms with Crippen molar-refractivity contribution in [3.05, 3.63) is 41.6 Å². The number of ether oxygens (including phenoxy) is 1. The molecule has 0 unspecified atom stereocenters. The quantitative estimate of drug-likeness (QED) is 0.518. The van der Waals surface area contributed by atoms with Crippen LogP contribution in [-0.4, -0.2) is 34.3 Å². The Labute approximate surface area is 191 Å². The third-order valence-electron chi connectivity index (χ3n) is 5.98. The van der Waals surface area contributed by atoms with E-state index >= 15 is 0 Å². The lowest BCUT2D eigenvalue weighted by Gasteiger charge is -2.32. The number of aromatic nitrogens is 2. The van der Waals surface area contributed by atoms with Gasteiger partial charge in [0, 0.05) is 18.2 Å². The molecule has 0 N–H and O–H groups in total. The van der Waals surface area contributed by atoms with Crippen LogP contribution in [0.25, 0.3) is 5.69 Å². The molecule has 3 rings (SSSR count). The average molecular weight is 466 g/mol. The Morgan fingerprint density at radius 1 is 1.21 bits per heavy atom. The molecule has 1 heterocycles. The number of amides is 1. The lowest BCUT2D eigenvalue weighted by atomic mass is 9.82. The van der Waals surface area contributed by atoms with Gasteiger partial charge in [0.05, 0.1) is 17.9 Å². The number of hydrogen-bond acceptors (Lipinski definition) is 4. The van der Waals surface area contributed by atoms with Crippen molar-refractivity contribution in [1.82, 2.24) is 9.78 Å². The van der Waals surface area contributed by atoms with Crippen molar-refractivity contribution in [2.45, 2.75) is 65.6 Å². The summed E-state index contributed by atoms with van der Waals surface area (Å²) in [5.74, 6) is -0.322. The summed E-state index contributed by atoms with van der Waals surface area (Å²) in [5, 5.41) is 4.41. The maximum Gasteiger partial charge on any atom is 0.416 e. The molecule has 2 aromatic rings. The zero-order valence-corrected chi connectivity index (χ0v) is 19.4. The molecular weight excluding hydrogens is 435 g/mol. The second-order valence-electron chi connectivity index (χ2n) is 8.84. The Morgan fingerprint density at radius 2 is 1.88 bits per heavy atom. The maximum absolute atomic E-state index is 13.5. The molecule has 180 valence electrons. The van der Waals surface area contributed by atoms with Gasteiger partial charge in [-0.2, -0.15) is 13.2 Å². The monoisotopic (exact) mass is 465 g/mol. The highest BCUT2D eigenvalue weighted by Crippen LogP contribution is 2.34. The predicted molar refractivity (Wildman–Crippen MR) is 118 cm³/mol. The molecule has 1 aromatic heterocycles. The highest BCUT2D eigenvalue weighted by Gasteiger charge is 2.35. The zero-order chi connectivity index (χ0) is 24.3. The largest absolute Gasteiger partial charge is 0.462 e. The average Bonchev–Trinajstić information content (AvgIpc) is 3.18. The van der Waals surface area contributed by atoms with E-state index in [0.29, 0.717) is 5.92 Å². The lowest BCUT2D eigenvalue weighted by molar-refractivity contribution is -0.137. The van der Waals surface area contributed by atoms with Crippen LogP contribution in [0.15, 0.2) is 30.5 Å². The summed E-state index contributed by atoms with van der Waals surface area (Å²) in [6.07, 6.45) is 0.221. The van der Waals surface area contributed by atoms with Crippen molar-refractivity contribution in [3.63, 3.8) is 0 Å². The van der Waals surface area contributed by atoms with Crippen molar-refractivity contribution in [3.8, 4) is 5.69 Å². The van der Waals surface area contributed by atoms with Gasteiger partial charge in [0.15, 0.2) is 5.82 Å². The van der Waals surface area contributed by atoms with E-state index < -0.39 is 17.7 Å². The van der Waals surface area contributed by atoms with E-state index in [4.69, 9.17) is 4.74 Å². The standard InChI is InChI=1S/C24H30F3N3O3/c1-5-33-23(32)20-14-29(19-8-6-7-18(13-19)24(25,26)27)28-21(20)30(15(2)3)22(31)17-11-9-16(4)10-12-17/h6-8,13-17H,5,9-12H2,1-4H3. The number of hydrogen-bond donors (Lipinski definition) is 0. The van der Waals surface area contributed by atoms with Crippen LogP contribution in [0, 0.1) is 11.8 Å². The van der Waals surface area contributed by atoms with Gasteiger partial charge < -0.3 is 4.74 Å². The third-order valence-corrected chi connectivity index (χ3v) is 5.98. The molecule has 1 aliphatic rings. The highest BCUT2D eigenvalue weighted by atomic mass is 19.4. The normalized spacial score (nSPS) is 18.9. The van der Waals surface area contributed by atoms with Gasteiger partial charge in [0.1, 0.15) is 5.56 Å². The number of alkyl halides is 3. The van der Waals surface area contributed by atoms with Gasteiger partial charge >= 0.3 is 12.1 Å². The first-order valence-corrected chi connectivity index (χ1v) is 11.3. The molecule has 1 amide bonds. The van der Waals surface area contributed by atoms with E-state index in [2.05, 4.69) is 12.0 Å². The topological polar surface area (TPSA) is 64.4 Å². The van der Waals surface area contributed by atoms with Crippen LogP contribution in [-0.2, 0) is 15.7 Å². The molecule has 1 fully saturated rings. The number of carbonyl (C=O) groups is 2. The summed E-state index contributed by atoms with van der Waals surface area (Å²) in [4.78, 5) is 27.7. The van der Waals surface area contributed by atoms with Crippen LogP contribution in [0.4, 0.5) is 19.0 Å². The number of rotatable bonds is 6. The summed E-state index contributed by atoms with van der Waals surface area (Å²) >= 11 is 0. The second kappa shape index (κ2) is 9.97. The molecule has 0 aliphatic heterocycles. The minimum absolute atomic E-state index is 0.0421. The summed E-state index contributed by atoms with van der Waals surface area (Å²) in [6.45, 7) is 7.58. The van der Waals surface area contributed by atoms with Gasteiger partial charge in [-0.1, -0.05) is 13.0 Å². The summed E-state index contributed by atoms with van der Waals surface area (Å²) < 4.78 is 46.0. The van der Waals surface area contributed by atoms with Gasteiger partial charge in [-0.3, -0.25) is 9.69 Å². The number of carbonyl (C=O) groups excluding carboxylic acids is 2. The minimum Gasteiger partial charge on any atom is -0.462 e. The number of esters is 1. The molecule has 0 atom stereocenters. The fourth-order valence-electron chi connectivity index (χ4n) is 4.16. The van der Waals surface area contributed by atoms with Crippen molar-refractivity contribution in [1.29, 1.82) is 0 Å². The molecule has 0 saturated heterocycles. The van der Waals surface area contributed by atoms with E-state index in [-0.39, 0.29) is 41.5 Å². The van der Waals surface area contributed by atoms with Crippen LogP contribution < -0.4 is 4.90 Å². The number of halogens is 3. The van der Waals surface area contributed by atoms with Crippen LogP contribution in [0.5, 0.6) is 0 Å². The Bertz CT molecular complexity index is 992. The molecule has 6 nitrogen and oxygen atoms in total. The molecule has 1 aromatic carbocycles. The van der Waals surface area contributed by atoms with Crippen molar-refractivity contribution in [2.24, 2.45) is 11.8 Å². The van der Waals surface area contributed by atoms with E-state index in [1.165, 1.54) is 27.9 Å². The Kier molecular flexibility index (Phi) is 7.49. The molecule has 0 spiro atoms. The van der Waals surface area contributed by atoms with Gasteiger partial charge in [0.25, 0.3) is 0 Å². The third kappa shape index (κ3) is 5.57. The molecular formula is C24H30F3N3O3. The van der Waals surface area contributed by atoms with Gasteiger partial charge in [-0.05, 0) is 70.6 Å². The van der Waals surface area contributed by atoms with Crippen molar-refractivity contribution < 1.29 is 27.5 Å². The van der Waals surface area contributed by atoms with E-state index in [1.54, 1.807) is 6.92 Å². The highest BCUT2D eigenvalue weighted by molar-refractivity contribution is 6.02. The molecule has 0 radical (unpaired) electrons.